The number of anilines is 2. The van der Waals surface area contributed by atoms with Crippen LogP contribution in [0.1, 0.15) is 6.92 Å². The molecular weight excluding hydrogens is 296 g/mol. The highest BCUT2D eigenvalue weighted by Crippen LogP contribution is 2.17. The van der Waals surface area contributed by atoms with Gasteiger partial charge in [0.15, 0.2) is 0 Å². The molecule has 1 saturated heterocycles. The van der Waals surface area contributed by atoms with Crippen molar-refractivity contribution in [2.24, 2.45) is 0 Å². The average Bonchev–Trinajstić information content (AvgIpc) is 2.47. The normalized spacial score (nSPS) is 15.0. The molecule has 1 aromatic heterocycles. The zero-order valence-electron chi connectivity index (χ0n) is 12.4. The van der Waals surface area contributed by atoms with Gasteiger partial charge in [-0.05, 0) is 18.5 Å². The maximum absolute atomic E-state index is 11.7. The summed E-state index contributed by atoms with van der Waals surface area (Å²) in [7, 11) is 3.68. The Bertz CT molecular complexity index is 505. The molecule has 8 nitrogen and oxygen atoms in total. The Morgan fingerprint density at radius 3 is 2.48 bits per heavy atom. The van der Waals surface area contributed by atoms with Crippen LogP contribution in [0.2, 0.25) is 5.28 Å². The molecule has 0 aliphatic carbocycles. The van der Waals surface area contributed by atoms with Crippen molar-refractivity contribution in [3.8, 4) is 0 Å². The molecular formula is C12H19ClN6O2. The summed E-state index contributed by atoms with van der Waals surface area (Å²) in [6.07, 6.45) is -0.278. The summed E-state index contributed by atoms with van der Waals surface area (Å²) < 4.78 is 4.99. The van der Waals surface area contributed by atoms with E-state index >= 15 is 0 Å². The lowest BCUT2D eigenvalue weighted by molar-refractivity contribution is 0.105. The maximum atomic E-state index is 11.7. The van der Waals surface area contributed by atoms with Crippen molar-refractivity contribution in [1.82, 2.24) is 19.9 Å². The molecule has 0 spiro atoms. The molecule has 1 aliphatic rings. The van der Waals surface area contributed by atoms with E-state index in [0.29, 0.717) is 44.7 Å². The average molecular weight is 315 g/mol. The lowest BCUT2D eigenvalue weighted by Gasteiger charge is -2.34. The number of aromatic nitrogens is 3. The molecule has 0 unspecified atom stereocenters. The number of carbonyl (C=O) groups excluding carboxylic acids is 1. The van der Waals surface area contributed by atoms with Gasteiger partial charge in [-0.25, -0.2) is 4.79 Å². The van der Waals surface area contributed by atoms with Crippen LogP contribution < -0.4 is 9.80 Å². The van der Waals surface area contributed by atoms with Crippen LogP contribution in [0.15, 0.2) is 0 Å². The molecule has 1 fully saturated rings. The van der Waals surface area contributed by atoms with Crippen LogP contribution in [0.4, 0.5) is 16.7 Å². The number of carbonyl (C=O) groups is 1. The van der Waals surface area contributed by atoms with Crippen molar-refractivity contribution in [3.63, 3.8) is 0 Å². The van der Waals surface area contributed by atoms with Gasteiger partial charge in [0, 0.05) is 40.3 Å². The van der Waals surface area contributed by atoms with Crippen LogP contribution in [-0.2, 0) is 4.74 Å². The molecule has 2 heterocycles. The van der Waals surface area contributed by atoms with Gasteiger partial charge in [0.1, 0.15) is 0 Å². The quantitative estimate of drug-likeness (QED) is 0.819. The first-order chi connectivity index (χ1) is 10.0. The minimum Gasteiger partial charge on any atom is -0.450 e. The zero-order valence-corrected chi connectivity index (χ0v) is 13.2. The summed E-state index contributed by atoms with van der Waals surface area (Å²) in [6.45, 7) is 4.58. The fourth-order valence-electron chi connectivity index (χ4n) is 1.97. The Morgan fingerprint density at radius 2 is 1.90 bits per heavy atom. The third-order valence-corrected chi connectivity index (χ3v) is 3.24. The van der Waals surface area contributed by atoms with Gasteiger partial charge in [-0.15, -0.1) is 0 Å². The van der Waals surface area contributed by atoms with Gasteiger partial charge in [0.2, 0.25) is 17.2 Å². The number of nitrogens with zero attached hydrogens (tertiary/aromatic N) is 6. The van der Waals surface area contributed by atoms with E-state index in [4.69, 9.17) is 16.3 Å². The third kappa shape index (κ3) is 3.84. The molecule has 116 valence electrons. The second-order valence-electron chi connectivity index (χ2n) is 4.77. The Hall–Kier alpha value is -1.83. The molecule has 1 amide bonds. The molecule has 1 aromatic rings. The van der Waals surface area contributed by atoms with Gasteiger partial charge in [-0.1, -0.05) is 0 Å². The first-order valence-corrected chi connectivity index (χ1v) is 7.14. The third-order valence-electron chi connectivity index (χ3n) is 3.07. The van der Waals surface area contributed by atoms with Gasteiger partial charge >= 0.3 is 6.09 Å². The lowest BCUT2D eigenvalue weighted by atomic mass is 10.3. The molecule has 0 atom stereocenters. The van der Waals surface area contributed by atoms with Crippen molar-refractivity contribution in [1.29, 1.82) is 0 Å². The zero-order chi connectivity index (χ0) is 15.4. The number of hydrogen-bond donors (Lipinski definition) is 0. The summed E-state index contributed by atoms with van der Waals surface area (Å²) in [5, 5.41) is 0.163. The molecule has 0 radical (unpaired) electrons. The standard InChI is InChI=1S/C12H19ClN6O2/c1-4-21-12(20)19-7-5-18(6-8-19)11-15-9(13)14-10(16-11)17(2)3/h4-8H2,1-3H3. The molecule has 0 bridgehead atoms. The van der Waals surface area contributed by atoms with E-state index < -0.39 is 0 Å². The summed E-state index contributed by atoms with van der Waals surface area (Å²) in [4.78, 5) is 29.7. The van der Waals surface area contributed by atoms with Crippen LogP contribution in [0.3, 0.4) is 0 Å². The van der Waals surface area contributed by atoms with Crippen molar-refractivity contribution in [3.05, 3.63) is 5.28 Å². The van der Waals surface area contributed by atoms with Crippen molar-refractivity contribution >= 4 is 29.6 Å². The highest BCUT2D eigenvalue weighted by Gasteiger charge is 2.24. The Morgan fingerprint density at radius 1 is 1.24 bits per heavy atom. The molecule has 1 aliphatic heterocycles. The molecule has 0 N–H and O–H groups in total. The van der Waals surface area contributed by atoms with Crippen LogP contribution in [0, 0.1) is 0 Å². The van der Waals surface area contributed by atoms with E-state index in [0.717, 1.165) is 0 Å². The van der Waals surface area contributed by atoms with E-state index in [1.807, 2.05) is 19.0 Å². The Labute approximate surface area is 128 Å². The van der Waals surface area contributed by atoms with E-state index in [1.54, 1.807) is 16.7 Å². The molecule has 0 aromatic carbocycles. The van der Waals surface area contributed by atoms with Gasteiger partial charge in [0.05, 0.1) is 6.61 Å². The van der Waals surface area contributed by atoms with Crippen molar-refractivity contribution in [2.45, 2.75) is 6.92 Å². The van der Waals surface area contributed by atoms with Gasteiger partial charge in [0.25, 0.3) is 0 Å². The number of rotatable bonds is 3. The summed E-state index contributed by atoms with van der Waals surface area (Å²) >= 11 is 5.93. The van der Waals surface area contributed by atoms with E-state index in [2.05, 4.69) is 15.0 Å². The van der Waals surface area contributed by atoms with Crippen LogP contribution in [0.25, 0.3) is 0 Å². The number of ether oxygens (including phenoxy) is 1. The fraction of sp³-hybridized carbons (Fsp3) is 0.667. The first-order valence-electron chi connectivity index (χ1n) is 6.76. The second-order valence-corrected chi connectivity index (χ2v) is 5.11. The van der Waals surface area contributed by atoms with E-state index in [1.165, 1.54) is 0 Å². The highest BCUT2D eigenvalue weighted by atomic mass is 35.5. The largest absolute Gasteiger partial charge is 0.450 e. The fourth-order valence-corrected chi connectivity index (χ4v) is 2.13. The van der Waals surface area contributed by atoms with Gasteiger partial charge < -0.3 is 19.4 Å². The smallest absolute Gasteiger partial charge is 0.409 e. The van der Waals surface area contributed by atoms with Gasteiger partial charge in [-0.2, -0.15) is 15.0 Å². The monoisotopic (exact) mass is 314 g/mol. The summed E-state index contributed by atoms with van der Waals surface area (Å²) in [5.74, 6) is 1.04. The summed E-state index contributed by atoms with van der Waals surface area (Å²) in [5.41, 5.74) is 0. The van der Waals surface area contributed by atoms with E-state index in [9.17, 15) is 4.79 Å². The molecule has 0 saturated carbocycles. The minimum atomic E-state index is -0.278. The maximum Gasteiger partial charge on any atom is 0.409 e. The predicted molar refractivity (Wildman–Crippen MR) is 80.0 cm³/mol. The molecule has 9 heteroatoms. The minimum absolute atomic E-state index is 0.163. The van der Waals surface area contributed by atoms with Crippen LogP contribution in [-0.4, -0.2) is 72.8 Å². The predicted octanol–water partition coefficient (Wildman–Crippen LogP) is 0.869. The Kier molecular flexibility index (Phi) is 5.00. The van der Waals surface area contributed by atoms with E-state index in [-0.39, 0.29) is 11.4 Å². The lowest BCUT2D eigenvalue weighted by Crippen LogP contribution is -2.49. The number of halogens is 1. The first kappa shape index (κ1) is 15.6. The van der Waals surface area contributed by atoms with Crippen molar-refractivity contribution in [2.75, 3.05) is 56.7 Å². The molecule has 21 heavy (non-hydrogen) atoms. The Balaban J connectivity index is 2.03. The number of piperazine rings is 1. The molecule has 2 rings (SSSR count). The number of hydrogen-bond acceptors (Lipinski definition) is 7. The summed E-state index contributed by atoms with van der Waals surface area (Å²) in [6, 6.07) is 0. The highest BCUT2D eigenvalue weighted by molar-refractivity contribution is 6.28. The van der Waals surface area contributed by atoms with Gasteiger partial charge in [-0.3, -0.25) is 0 Å². The number of amides is 1. The topological polar surface area (TPSA) is 74.7 Å². The van der Waals surface area contributed by atoms with Crippen molar-refractivity contribution < 1.29 is 9.53 Å². The SMILES string of the molecule is CCOC(=O)N1CCN(c2nc(Cl)nc(N(C)C)n2)CC1. The van der Waals surface area contributed by atoms with Crippen LogP contribution >= 0.6 is 11.6 Å². The second kappa shape index (κ2) is 6.75. The van der Waals surface area contributed by atoms with Crippen LogP contribution in [0.5, 0.6) is 0 Å².